The average molecular weight is 311 g/mol. The summed E-state index contributed by atoms with van der Waals surface area (Å²) in [6, 6.07) is 5.41. The molecule has 0 fully saturated rings. The fourth-order valence-corrected chi connectivity index (χ4v) is 2.26. The predicted octanol–water partition coefficient (Wildman–Crippen LogP) is 4.41. The van der Waals surface area contributed by atoms with Gasteiger partial charge in [-0.2, -0.15) is 0 Å². The van der Waals surface area contributed by atoms with Crippen LogP contribution in [0.15, 0.2) is 30.5 Å². The Morgan fingerprint density at radius 1 is 1.24 bits per heavy atom. The third-order valence-electron chi connectivity index (χ3n) is 3.22. The number of nitrogens with zero attached hydrogens (tertiary/aromatic N) is 1. The van der Waals surface area contributed by atoms with Crippen molar-refractivity contribution in [3.63, 3.8) is 0 Å². The Bertz CT molecular complexity index is 614. The summed E-state index contributed by atoms with van der Waals surface area (Å²) in [7, 11) is 0. The fraction of sp³-hybridized carbons (Fsp3) is 0.312. The first-order valence-corrected chi connectivity index (χ1v) is 7.21. The van der Waals surface area contributed by atoms with E-state index >= 15 is 0 Å². The van der Waals surface area contributed by atoms with Gasteiger partial charge in [0.25, 0.3) is 0 Å². The van der Waals surface area contributed by atoms with Gasteiger partial charge >= 0.3 is 0 Å². The Labute approximate surface area is 128 Å². The number of hydrogen-bond acceptors (Lipinski definition) is 2. The van der Waals surface area contributed by atoms with E-state index in [9.17, 15) is 8.78 Å². The van der Waals surface area contributed by atoms with Crippen LogP contribution < -0.4 is 5.32 Å². The number of aromatic nitrogens is 1. The van der Waals surface area contributed by atoms with Crippen molar-refractivity contribution in [1.29, 1.82) is 0 Å². The molecule has 2 nitrogen and oxygen atoms in total. The molecule has 0 radical (unpaired) electrons. The van der Waals surface area contributed by atoms with Crippen LogP contribution in [0.2, 0.25) is 5.02 Å². The lowest BCUT2D eigenvalue weighted by Crippen LogP contribution is -2.24. The van der Waals surface area contributed by atoms with E-state index in [1.54, 1.807) is 6.20 Å². The highest BCUT2D eigenvalue weighted by Crippen LogP contribution is 2.28. The first-order chi connectivity index (χ1) is 10.0. The highest BCUT2D eigenvalue weighted by molar-refractivity contribution is 6.30. The molecule has 0 aliphatic heterocycles. The number of nitrogens with one attached hydrogen (secondary N) is 1. The first-order valence-electron chi connectivity index (χ1n) is 6.83. The average Bonchev–Trinajstić information content (AvgIpc) is 2.46. The molecular weight excluding hydrogens is 294 g/mol. The summed E-state index contributed by atoms with van der Waals surface area (Å²) in [5.41, 5.74) is 1.89. The van der Waals surface area contributed by atoms with Crippen LogP contribution in [0, 0.1) is 18.6 Å². The van der Waals surface area contributed by atoms with E-state index < -0.39 is 17.7 Å². The van der Waals surface area contributed by atoms with Gasteiger partial charge in [0.15, 0.2) is 0 Å². The fourth-order valence-electron chi connectivity index (χ4n) is 2.11. The molecule has 0 saturated carbocycles. The molecule has 1 aromatic heterocycles. The summed E-state index contributed by atoms with van der Waals surface area (Å²) >= 11 is 5.61. The zero-order chi connectivity index (χ0) is 15.4. The lowest BCUT2D eigenvalue weighted by molar-refractivity contribution is 0.534. The summed E-state index contributed by atoms with van der Waals surface area (Å²) in [5.74, 6) is -1.16. The minimum Gasteiger partial charge on any atom is -0.306 e. The third-order valence-corrected chi connectivity index (χ3v) is 3.51. The smallest absolute Gasteiger partial charge is 0.142 e. The van der Waals surface area contributed by atoms with E-state index in [0.29, 0.717) is 6.54 Å². The molecule has 0 bridgehead atoms. The van der Waals surface area contributed by atoms with Crippen LogP contribution in [-0.2, 0) is 0 Å². The van der Waals surface area contributed by atoms with Crippen LogP contribution in [0.4, 0.5) is 8.78 Å². The van der Waals surface area contributed by atoms with Crippen molar-refractivity contribution < 1.29 is 8.78 Å². The van der Waals surface area contributed by atoms with Crippen LogP contribution >= 0.6 is 11.6 Å². The van der Waals surface area contributed by atoms with Crippen molar-refractivity contribution in [2.45, 2.75) is 26.3 Å². The predicted molar refractivity (Wildman–Crippen MR) is 80.5 cm³/mol. The number of aryl methyl sites for hydroxylation is 1. The molecule has 2 aromatic rings. The highest BCUT2D eigenvalue weighted by atomic mass is 35.5. The van der Waals surface area contributed by atoms with E-state index in [-0.39, 0.29) is 10.6 Å². The van der Waals surface area contributed by atoms with Gasteiger partial charge < -0.3 is 5.32 Å². The standard InChI is InChI=1S/C16H17ClF2N2/c1-3-6-20-16(11-5-4-10(2)21-9-11)12-7-15(19)13(17)8-14(12)18/h4-5,7-9,16,20H,3,6H2,1-2H3. The minimum absolute atomic E-state index is 0.215. The van der Waals surface area contributed by atoms with Crippen molar-refractivity contribution in [3.05, 3.63) is 63.9 Å². The Balaban J connectivity index is 2.45. The second-order valence-electron chi connectivity index (χ2n) is 4.91. The second kappa shape index (κ2) is 6.96. The van der Waals surface area contributed by atoms with E-state index in [4.69, 9.17) is 11.6 Å². The van der Waals surface area contributed by atoms with E-state index in [0.717, 1.165) is 29.8 Å². The first kappa shape index (κ1) is 15.9. The van der Waals surface area contributed by atoms with Crippen LogP contribution in [-0.4, -0.2) is 11.5 Å². The van der Waals surface area contributed by atoms with Crippen molar-refractivity contribution in [1.82, 2.24) is 10.3 Å². The molecule has 5 heteroatoms. The van der Waals surface area contributed by atoms with Crippen LogP contribution in [0.5, 0.6) is 0 Å². The van der Waals surface area contributed by atoms with Gasteiger partial charge in [-0.05, 0) is 43.7 Å². The van der Waals surface area contributed by atoms with Crippen molar-refractivity contribution >= 4 is 11.6 Å². The normalized spacial score (nSPS) is 12.4. The van der Waals surface area contributed by atoms with Crippen molar-refractivity contribution in [2.24, 2.45) is 0 Å². The number of rotatable bonds is 5. The van der Waals surface area contributed by atoms with Crippen LogP contribution in [0.25, 0.3) is 0 Å². The van der Waals surface area contributed by atoms with Crippen LogP contribution in [0.1, 0.15) is 36.2 Å². The minimum atomic E-state index is -0.628. The Kier molecular flexibility index (Phi) is 5.26. The molecule has 0 saturated heterocycles. The molecule has 1 atom stereocenters. The molecule has 0 aliphatic rings. The Morgan fingerprint density at radius 3 is 2.62 bits per heavy atom. The maximum atomic E-state index is 14.2. The molecule has 0 amide bonds. The topological polar surface area (TPSA) is 24.9 Å². The maximum absolute atomic E-state index is 14.2. The maximum Gasteiger partial charge on any atom is 0.142 e. The molecule has 1 unspecified atom stereocenters. The lowest BCUT2D eigenvalue weighted by Gasteiger charge is -2.20. The van der Waals surface area contributed by atoms with Gasteiger partial charge in [-0.1, -0.05) is 24.6 Å². The molecule has 2 rings (SSSR count). The van der Waals surface area contributed by atoms with Crippen molar-refractivity contribution in [3.8, 4) is 0 Å². The second-order valence-corrected chi connectivity index (χ2v) is 5.32. The molecule has 112 valence electrons. The van der Waals surface area contributed by atoms with E-state index in [1.807, 2.05) is 26.0 Å². The third kappa shape index (κ3) is 3.77. The molecule has 0 spiro atoms. The van der Waals surface area contributed by atoms with Gasteiger partial charge in [-0.25, -0.2) is 8.78 Å². The zero-order valence-electron chi connectivity index (χ0n) is 12.0. The number of pyridine rings is 1. The van der Waals surface area contributed by atoms with Crippen molar-refractivity contribution in [2.75, 3.05) is 6.54 Å². The van der Waals surface area contributed by atoms with E-state index in [1.165, 1.54) is 0 Å². The monoisotopic (exact) mass is 310 g/mol. The van der Waals surface area contributed by atoms with Gasteiger partial charge in [0.1, 0.15) is 11.6 Å². The number of hydrogen-bond donors (Lipinski definition) is 1. The summed E-state index contributed by atoms with van der Waals surface area (Å²) in [6.45, 7) is 4.57. The lowest BCUT2D eigenvalue weighted by atomic mass is 9.99. The molecule has 0 aliphatic carbocycles. The molecule has 1 aromatic carbocycles. The highest BCUT2D eigenvalue weighted by Gasteiger charge is 2.20. The summed E-state index contributed by atoms with van der Waals surface area (Å²) < 4.78 is 27.8. The molecule has 1 heterocycles. The van der Waals surface area contributed by atoms with Gasteiger partial charge in [0, 0.05) is 17.5 Å². The summed E-state index contributed by atoms with van der Waals surface area (Å²) in [4.78, 5) is 4.22. The number of halogens is 3. The van der Waals surface area contributed by atoms with Crippen LogP contribution in [0.3, 0.4) is 0 Å². The molecular formula is C16H17ClF2N2. The Morgan fingerprint density at radius 2 is 2.00 bits per heavy atom. The summed E-state index contributed by atoms with van der Waals surface area (Å²) in [6.07, 6.45) is 2.56. The van der Waals surface area contributed by atoms with E-state index in [2.05, 4.69) is 10.3 Å². The number of benzene rings is 1. The van der Waals surface area contributed by atoms with Gasteiger partial charge in [-0.15, -0.1) is 0 Å². The SMILES string of the molecule is CCCNC(c1ccc(C)nc1)c1cc(F)c(Cl)cc1F. The molecule has 21 heavy (non-hydrogen) atoms. The van der Waals surface area contributed by atoms with Gasteiger partial charge in [0.2, 0.25) is 0 Å². The summed E-state index contributed by atoms with van der Waals surface area (Å²) in [5, 5.41) is 3.00. The van der Waals surface area contributed by atoms with Gasteiger partial charge in [-0.3, -0.25) is 4.98 Å². The molecule has 1 N–H and O–H groups in total. The van der Waals surface area contributed by atoms with Gasteiger partial charge in [0.05, 0.1) is 11.1 Å². The largest absolute Gasteiger partial charge is 0.306 e. The Hall–Kier alpha value is -1.52. The quantitative estimate of drug-likeness (QED) is 0.827. The zero-order valence-corrected chi connectivity index (χ0v) is 12.7.